The van der Waals surface area contributed by atoms with Crippen molar-refractivity contribution in [3.8, 4) is 0 Å². The Kier molecular flexibility index (Phi) is 5.15. The van der Waals surface area contributed by atoms with Crippen LogP contribution >= 0.6 is 0 Å². The van der Waals surface area contributed by atoms with Crippen molar-refractivity contribution in [2.75, 3.05) is 6.54 Å². The molecule has 3 N–H and O–H groups in total. The van der Waals surface area contributed by atoms with Crippen molar-refractivity contribution >= 4 is 11.9 Å². The summed E-state index contributed by atoms with van der Waals surface area (Å²) in [6, 6.07) is 0. The van der Waals surface area contributed by atoms with Crippen molar-refractivity contribution in [1.82, 2.24) is 5.32 Å². The molecule has 0 radical (unpaired) electrons. The highest BCUT2D eigenvalue weighted by Gasteiger charge is 2.33. The van der Waals surface area contributed by atoms with E-state index < -0.39 is 23.9 Å². The Morgan fingerprint density at radius 1 is 1.35 bits per heavy atom. The fraction of sp³-hybridized carbons (Fsp3) is 0.667. The molecule has 0 aromatic heterocycles. The van der Waals surface area contributed by atoms with Crippen LogP contribution in [-0.4, -0.2) is 34.7 Å². The second-order valence-electron chi connectivity index (χ2n) is 4.42. The van der Waals surface area contributed by atoms with Gasteiger partial charge in [0.2, 0.25) is 5.91 Å². The Morgan fingerprint density at radius 3 is 2.47 bits per heavy atom. The SMILES string of the molecule is CC(O)CCNC(=O)C1CC=CCC1C(=O)O. The number of allylic oxidation sites excluding steroid dienone is 2. The molecule has 1 rings (SSSR count). The van der Waals surface area contributed by atoms with Gasteiger partial charge in [-0.2, -0.15) is 0 Å². The Morgan fingerprint density at radius 2 is 1.94 bits per heavy atom. The summed E-state index contributed by atoms with van der Waals surface area (Å²) in [5.74, 6) is -2.29. The molecule has 0 aromatic rings. The number of carbonyl (C=O) groups is 2. The van der Waals surface area contributed by atoms with E-state index in [-0.39, 0.29) is 5.91 Å². The third kappa shape index (κ3) is 4.19. The molecule has 5 nitrogen and oxygen atoms in total. The zero-order chi connectivity index (χ0) is 12.8. The summed E-state index contributed by atoms with van der Waals surface area (Å²) < 4.78 is 0. The van der Waals surface area contributed by atoms with E-state index in [1.165, 1.54) is 0 Å². The summed E-state index contributed by atoms with van der Waals surface area (Å²) in [6.07, 6.45) is 4.54. The number of nitrogens with one attached hydrogen (secondary N) is 1. The van der Waals surface area contributed by atoms with Gasteiger partial charge in [0.05, 0.1) is 17.9 Å². The number of carboxylic acids is 1. The molecule has 1 aliphatic carbocycles. The fourth-order valence-electron chi connectivity index (χ4n) is 1.91. The number of hydrogen-bond acceptors (Lipinski definition) is 3. The quantitative estimate of drug-likeness (QED) is 0.613. The van der Waals surface area contributed by atoms with Gasteiger partial charge < -0.3 is 15.5 Å². The third-order valence-corrected chi connectivity index (χ3v) is 2.95. The number of rotatable bonds is 5. The first-order valence-corrected chi connectivity index (χ1v) is 5.86. The minimum Gasteiger partial charge on any atom is -0.481 e. The van der Waals surface area contributed by atoms with E-state index in [1.54, 1.807) is 13.0 Å². The van der Waals surface area contributed by atoms with Gasteiger partial charge in [-0.3, -0.25) is 9.59 Å². The largest absolute Gasteiger partial charge is 0.481 e. The molecule has 0 saturated heterocycles. The molecule has 17 heavy (non-hydrogen) atoms. The molecule has 0 bridgehead atoms. The Bertz CT molecular complexity index is 312. The lowest BCUT2D eigenvalue weighted by Crippen LogP contribution is -2.39. The molecule has 3 unspecified atom stereocenters. The van der Waals surface area contributed by atoms with Crippen LogP contribution < -0.4 is 5.32 Å². The fourth-order valence-corrected chi connectivity index (χ4v) is 1.91. The van der Waals surface area contributed by atoms with Crippen LogP contribution in [0.2, 0.25) is 0 Å². The van der Waals surface area contributed by atoms with E-state index in [4.69, 9.17) is 10.2 Å². The predicted octanol–water partition coefficient (Wildman–Crippen LogP) is 0.541. The number of aliphatic carboxylic acids is 1. The van der Waals surface area contributed by atoms with Gasteiger partial charge in [0, 0.05) is 6.54 Å². The molecule has 0 aromatic carbocycles. The molecule has 0 spiro atoms. The number of carbonyl (C=O) groups excluding carboxylic acids is 1. The van der Waals surface area contributed by atoms with Gasteiger partial charge in [0.25, 0.3) is 0 Å². The van der Waals surface area contributed by atoms with Crippen LogP contribution in [0.1, 0.15) is 26.2 Å². The first-order valence-electron chi connectivity index (χ1n) is 5.86. The van der Waals surface area contributed by atoms with Gasteiger partial charge in [0.1, 0.15) is 0 Å². The van der Waals surface area contributed by atoms with Crippen LogP contribution in [0.25, 0.3) is 0 Å². The molecule has 0 fully saturated rings. The van der Waals surface area contributed by atoms with Gasteiger partial charge >= 0.3 is 5.97 Å². The molecular weight excluding hydrogens is 222 g/mol. The van der Waals surface area contributed by atoms with Gasteiger partial charge in [-0.15, -0.1) is 0 Å². The Balaban J connectivity index is 2.48. The van der Waals surface area contributed by atoms with E-state index in [2.05, 4.69) is 5.32 Å². The maximum atomic E-state index is 11.8. The van der Waals surface area contributed by atoms with Crippen molar-refractivity contribution in [2.24, 2.45) is 11.8 Å². The normalized spacial score (nSPS) is 25.3. The van der Waals surface area contributed by atoms with Crippen molar-refractivity contribution in [3.63, 3.8) is 0 Å². The molecule has 0 aliphatic heterocycles. The van der Waals surface area contributed by atoms with Crippen molar-refractivity contribution in [2.45, 2.75) is 32.3 Å². The number of aliphatic hydroxyl groups is 1. The average Bonchev–Trinajstić information content (AvgIpc) is 2.28. The summed E-state index contributed by atoms with van der Waals surface area (Å²) in [5, 5.41) is 20.7. The summed E-state index contributed by atoms with van der Waals surface area (Å²) in [4.78, 5) is 22.8. The minimum atomic E-state index is -0.926. The zero-order valence-corrected chi connectivity index (χ0v) is 9.93. The topological polar surface area (TPSA) is 86.6 Å². The monoisotopic (exact) mass is 241 g/mol. The van der Waals surface area contributed by atoms with E-state index in [0.29, 0.717) is 25.8 Å². The molecule has 96 valence electrons. The van der Waals surface area contributed by atoms with E-state index in [1.807, 2.05) is 6.08 Å². The first kappa shape index (κ1) is 13.7. The average molecular weight is 241 g/mol. The number of carboxylic acid groups (broad SMARTS) is 1. The highest BCUT2D eigenvalue weighted by molar-refractivity contribution is 5.85. The lowest BCUT2D eigenvalue weighted by molar-refractivity contribution is -0.147. The highest BCUT2D eigenvalue weighted by Crippen LogP contribution is 2.25. The van der Waals surface area contributed by atoms with Crippen LogP contribution in [-0.2, 0) is 9.59 Å². The molecule has 0 heterocycles. The second-order valence-corrected chi connectivity index (χ2v) is 4.42. The standard InChI is InChI=1S/C12H19NO4/c1-8(14)6-7-13-11(15)9-4-2-3-5-10(9)12(16)17/h2-3,8-10,14H,4-7H2,1H3,(H,13,15)(H,16,17). The Labute approximate surface area is 101 Å². The van der Waals surface area contributed by atoms with Gasteiger partial charge in [-0.1, -0.05) is 12.2 Å². The van der Waals surface area contributed by atoms with Crippen LogP contribution in [0.4, 0.5) is 0 Å². The number of amides is 1. The minimum absolute atomic E-state index is 0.234. The molecule has 3 atom stereocenters. The maximum absolute atomic E-state index is 11.8. The van der Waals surface area contributed by atoms with Crippen LogP contribution in [0.3, 0.4) is 0 Å². The smallest absolute Gasteiger partial charge is 0.307 e. The van der Waals surface area contributed by atoms with Crippen molar-refractivity contribution in [1.29, 1.82) is 0 Å². The van der Waals surface area contributed by atoms with Crippen LogP contribution in [0, 0.1) is 11.8 Å². The molecule has 0 saturated carbocycles. The first-order chi connectivity index (χ1) is 8.02. The molecule has 1 amide bonds. The maximum Gasteiger partial charge on any atom is 0.307 e. The summed E-state index contributed by atoms with van der Waals surface area (Å²) in [5.41, 5.74) is 0. The van der Waals surface area contributed by atoms with Gasteiger partial charge in [-0.05, 0) is 26.2 Å². The molecule has 5 heteroatoms. The Hall–Kier alpha value is -1.36. The summed E-state index contributed by atoms with van der Waals surface area (Å²) >= 11 is 0. The lowest BCUT2D eigenvalue weighted by atomic mass is 9.82. The van der Waals surface area contributed by atoms with Crippen molar-refractivity contribution in [3.05, 3.63) is 12.2 Å². The summed E-state index contributed by atoms with van der Waals surface area (Å²) in [7, 11) is 0. The zero-order valence-electron chi connectivity index (χ0n) is 9.93. The predicted molar refractivity (Wildman–Crippen MR) is 62.3 cm³/mol. The molecule has 1 aliphatic rings. The third-order valence-electron chi connectivity index (χ3n) is 2.95. The van der Waals surface area contributed by atoms with E-state index >= 15 is 0 Å². The number of aliphatic hydroxyl groups excluding tert-OH is 1. The van der Waals surface area contributed by atoms with Crippen LogP contribution in [0.5, 0.6) is 0 Å². The molecular formula is C12H19NO4. The van der Waals surface area contributed by atoms with Crippen molar-refractivity contribution < 1.29 is 19.8 Å². The van der Waals surface area contributed by atoms with Gasteiger partial charge in [-0.25, -0.2) is 0 Å². The number of hydrogen-bond donors (Lipinski definition) is 3. The van der Waals surface area contributed by atoms with E-state index in [0.717, 1.165) is 0 Å². The van der Waals surface area contributed by atoms with E-state index in [9.17, 15) is 9.59 Å². The van der Waals surface area contributed by atoms with Gasteiger partial charge in [0.15, 0.2) is 0 Å². The van der Waals surface area contributed by atoms with Crippen LogP contribution in [0.15, 0.2) is 12.2 Å². The highest BCUT2D eigenvalue weighted by atomic mass is 16.4. The summed E-state index contributed by atoms with van der Waals surface area (Å²) in [6.45, 7) is 2.03. The second kappa shape index (κ2) is 6.39. The lowest BCUT2D eigenvalue weighted by Gasteiger charge is -2.24.